The number of benzene rings is 1. The second-order valence-corrected chi connectivity index (χ2v) is 5.65. The molecule has 0 saturated heterocycles. The van der Waals surface area contributed by atoms with Crippen LogP contribution in [0.2, 0.25) is 0 Å². The van der Waals surface area contributed by atoms with Gasteiger partial charge < -0.3 is 10.4 Å². The molecule has 2 N–H and O–H groups in total. The fourth-order valence-corrected chi connectivity index (χ4v) is 2.55. The number of anilines is 1. The SMILES string of the molecule is OC(CCNc1ccc(Br)cc1)c1cccs1. The molecule has 2 aromatic rings. The van der Waals surface area contributed by atoms with Crippen molar-refractivity contribution in [2.75, 3.05) is 11.9 Å². The normalized spacial score (nSPS) is 12.4. The van der Waals surface area contributed by atoms with Crippen LogP contribution in [-0.2, 0) is 0 Å². The first-order valence-corrected chi connectivity index (χ1v) is 7.14. The zero-order chi connectivity index (χ0) is 12.1. The lowest BCUT2D eigenvalue weighted by molar-refractivity contribution is 0.175. The fraction of sp³-hybridized carbons (Fsp3) is 0.231. The molecule has 1 aromatic heterocycles. The summed E-state index contributed by atoms with van der Waals surface area (Å²) in [5.74, 6) is 0. The molecule has 0 fully saturated rings. The molecule has 0 bridgehead atoms. The highest BCUT2D eigenvalue weighted by atomic mass is 79.9. The highest BCUT2D eigenvalue weighted by molar-refractivity contribution is 9.10. The summed E-state index contributed by atoms with van der Waals surface area (Å²) in [6, 6.07) is 12.0. The van der Waals surface area contributed by atoms with Gasteiger partial charge >= 0.3 is 0 Å². The van der Waals surface area contributed by atoms with Gasteiger partial charge in [-0.25, -0.2) is 0 Å². The third-order valence-electron chi connectivity index (χ3n) is 2.46. The lowest BCUT2D eigenvalue weighted by Gasteiger charge is -2.10. The van der Waals surface area contributed by atoms with Crippen molar-refractivity contribution >= 4 is 33.0 Å². The molecule has 2 nitrogen and oxygen atoms in total. The number of aliphatic hydroxyl groups excluding tert-OH is 1. The van der Waals surface area contributed by atoms with Crippen molar-refractivity contribution in [3.63, 3.8) is 0 Å². The summed E-state index contributed by atoms with van der Waals surface area (Å²) in [7, 11) is 0. The summed E-state index contributed by atoms with van der Waals surface area (Å²) < 4.78 is 1.07. The van der Waals surface area contributed by atoms with Crippen LogP contribution in [0.5, 0.6) is 0 Å². The average Bonchev–Trinajstić information content (AvgIpc) is 2.85. The van der Waals surface area contributed by atoms with Gasteiger partial charge in [-0.3, -0.25) is 0 Å². The molecule has 90 valence electrons. The van der Waals surface area contributed by atoms with Crippen LogP contribution in [0.25, 0.3) is 0 Å². The smallest absolute Gasteiger partial charge is 0.0898 e. The largest absolute Gasteiger partial charge is 0.388 e. The van der Waals surface area contributed by atoms with Crippen LogP contribution in [0.4, 0.5) is 5.69 Å². The van der Waals surface area contributed by atoms with E-state index < -0.39 is 0 Å². The number of nitrogens with one attached hydrogen (secondary N) is 1. The molecule has 1 unspecified atom stereocenters. The van der Waals surface area contributed by atoms with E-state index in [1.807, 2.05) is 41.8 Å². The molecule has 1 atom stereocenters. The predicted molar refractivity (Wildman–Crippen MR) is 76.5 cm³/mol. The standard InChI is InChI=1S/C13H14BrNOS/c14-10-3-5-11(6-4-10)15-8-7-12(16)13-2-1-9-17-13/h1-6,9,12,15-16H,7-8H2. The maximum absolute atomic E-state index is 9.89. The molecule has 17 heavy (non-hydrogen) atoms. The molecule has 0 saturated carbocycles. The average molecular weight is 312 g/mol. The summed E-state index contributed by atoms with van der Waals surface area (Å²) in [6.45, 7) is 0.765. The van der Waals surface area contributed by atoms with Gasteiger partial charge in [0.1, 0.15) is 0 Å². The van der Waals surface area contributed by atoms with Crippen molar-refractivity contribution < 1.29 is 5.11 Å². The lowest BCUT2D eigenvalue weighted by Crippen LogP contribution is -2.06. The van der Waals surface area contributed by atoms with E-state index in [2.05, 4.69) is 21.2 Å². The molecule has 1 heterocycles. The summed E-state index contributed by atoms with van der Waals surface area (Å²) in [4.78, 5) is 1.03. The van der Waals surface area contributed by atoms with E-state index in [1.165, 1.54) is 0 Å². The Labute approximate surface area is 113 Å². The van der Waals surface area contributed by atoms with Gasteiger partial charge in [0.25, 0.3) is 0 Å². The van der Waals surface area contributed by atoms with Crippen LogP contribution in [0.3, 0.4) is 0 Å². The number of halogens is 1. The Hall–Kier alpha value is -0.840. The van der Waals surface area contributed by atoms with E-state index in [0.29, 0.717) is 0 Å². The highest BCUT2D eigenvalue weighted by Crippen LogP contribution is 2.21. The lowest BCUT2D eigenvalue weighted by atomic mass is 10.2. The number of aliphatic hydroxyl groups is 1. The zero-order valence-corrected chi connectivity index (χ0v) is 11.7. The van der Waals surface area contributed by atoms with Crippen molar-refractivity contribution in [1.82, 2.24) is 0 Å². The van der Waals surface area contributed by atoms with Gasteiger partial charge in [-0.15, -0.1) is 11.3 Å². The van der Waals surface area contributed by atoms with Crippen molar-refractivity contribution in [2.24, 2.45) is 0 Å². The summed E-state index contributed by atoms with van der Waals surface area (Å²) in [5, 5.41) is 15.2. The van der Waals surface area contributed by atoms with E-state index >= 15 is 0 Å². The maximum Gasteiger partial charge on any atom is 0.0898 e. The fourth-order valence-electron chi connectivity index (χ4n) is 1.54. The van der Waals surface area contributed by atoms with Crippen LogP contribution in [-0.4, -0.2) is 11.7 Å². The Kier molecular flexibility index (Phi) is 4.59. The van der Waals surface area contributed by atoms with Crippen molar-refractivity contribution in [3.8, 4) is 0 Å². The van der Waals surface area contributed by atoms with Crippen LogP contribution in [0.15, 0.2) is 46.3 Å². The van der Waals surface area contributed by atoms with E-state index in [9.17, 15) is 5.11 Å². The number of rotatable bonds is 5. The quantitative estimate of drug-likeness (QED) is 0.873. The minimum Gasteiger partial charge on any atom is -0.388 e. The first-order chi connectivity index (χ1) is 8.25. The third kappa shape index (κ3) is 3.84. The molecule has 0 radical (unpaired) electrons. The predicted octanol–water partition coefficient (Wildman–Crippen LogP) is 4.05. The Balaban J connectivity index is 1.78. The summed E-state index contributed by atoms with van der Waals surface area (Å²) in [6.07, 6.45) is 0.356. The van der Waals surface area contributed by atoms with Crippen molar-refractivity contribution in [2.45, 2.75) is 12.5 Å². The van der Waals surface area contributed by atoms with Crippen LogP contribution < -0.4 is 5.32 Å². The van der Waals surface area contributed by atoms with Gasteiger partial charge in [0.15, 0.2) is 0 Å². The van der Waals surface area contributed by atoms with Gasteiger partial charge in [0.2, 0.25) is 0 Å². The molecular weight excluding hydrogens is 298 g/mol. The topological polar surface area (TPSA) is 32.3 Å². The van der Waals surface area contributed by atoms with E-state index in [1.54, 1.807) is 11.3 Å². The number of hydrogen-bond acceptors (Lipinski definition) is 3. The summed E-state index contributed by atoms with van der Waals surface area (Å²) in [5.41, 5.74) is 1.08. The molecule has 0 aliphatic heterocycles. The molecule has 4 heteroatoms. The van der Waals surface area contributed by atoms with Gasteiger partial charge in [-0.2, -0.15) is 0 Å². The first kappa shape index (κ1) is 12.6. The molecule has 0 aliphatic rings. The molecule has 0 aliphatic carbocycles. The van der Waals surface area contributed by atoms with E-state index in [0.717, 1.165) is 28.0 Å². The minimum absolute atomic E-state index is 0.363. The highest BCUT2D eigenvalue weighted by Gasteiger charge is 2.07. The van der Waals surface area contributed by atoms with E-state index in [4.69, 9.17) is 0 Å². The third-order valence-corrected chi connectivity index (χ3v) is 3.96. The maximum atomic E-state index is 9.89. The van der Waals surface area contributed by atoms with Gasteiger partial charge in [0.05, 0.1) is 6.10 Å². The zero-order valence-electron chi connectivity index (χ0n) is 9.27. The van der Waals surface area contributed by atoms with Crippen LogP contribution in [0.1, 0.15) is 17.4 Å². The second kappa shape index (κ2) is 6.19. The second-order valence-electron chi connectivity index (χ2n) is 3.75. The Morgan fingerprint density at radius 2 is 2.00 bits per heavy atom. The van der Waals surface area contributed by atoms with Gasteiger partial charge in [-0.1, -0.05) is 22.0 Å². The van der Waals surface area contributed by atoms with Crippen molar-refractivity contribution in [1.29, 1.82) is 0 Å². The van der Waals surface area contributed by atoms with E-state index in [-0.39, 0.29) is 6.10 Å². The van der Waals surface area contributed by atoms with Crippen molar-refractivity contribution in [3.05, 3.63) is 51.1 Å². The minimum atomic E-state index is -0.363. The number of thiophene rings is 1. The van der Waals surface area contributed by atoms with Gasteiger partial charge in [0, 0.05) is 21.6 Å². The molecular formula is C13H14BrNOS. The van der Waals surface area contributed by atoms with Crippen LogP contribution in [0, 0.1) is 0 Å². The van der Waals surface area contributed by atoms with Crippen LogP contribution >= 0.6 is 27.3 Å². The number of hydrogen-bond donors (Lipinski definition) is 2. The Bertz CT molecular complexity index is 441. The summed E-state index contributed by atoms with van der Waals surface area (Å²) >= 11 is 4.99. The van der Waals surface area contributed by atoms with Gasteiger partial charge in [-0.05, 0) is 42.1 Å². The molecule has 0 amide bonds. The Morgan fingerprint density at radius 1 is 1.24 bits per heavy atom. The molecule has 1 aromatic carbocycles. The molecule has 2 rings (SSSR count). The first-order valence-electron chi connectivity index (χ1n) is 5.46. The molecule has 0 spiro atoms. The Morgan fingerprint density at radius 3 is 2.65 bits per heavy atom. The monoisotopic (exact) mass is 311 g/mol.